The predicted octanol–water partition coefficient (Wildman–Crippen LogP) is 11.3. The van der Waals surface area contributed by atoms with Crippen LogP contribution in [0.3, 0.4) is 0 Å². The first-order valence-corrected chi connectivity index (χ1v) is 15.8. The molecule has 0 aliphatic heterocycles. The average molecular weight is 602 g/mol. The fraction of sp³-hybridized carbons (Fsp3) is 0.0227. The topological polar surface area (TPSA) is 38.7 Å². The average Bonchev–Trinajstić information content (AvgIpc) is 3.15. The maximum Gasteiger partial charge on any atom is 0.160 e. The van der Waals surface area contributed by atoms with Crippen LogP contribution >= 0.6 is 0 Å². The molecule has 47 heavy (non-hydrogen) atoms. The molecule has 0 aliphatic carbocycles. The molecule has 0 atom stereocenters. The molecule has 0 N–H and O–H groups in total. The Kier molecular flexibility index (Phi) is 7.41. The van der Waals surface area contributed by atoms with Crippen LogP contribution in [0.1, 0.15) is 5.69 Å². The van der Waals surface area contributed by atoms with Crippen LogP contribution in [0.4, 0.5) is 0 Å². The fourth-order valence-electron chi connectivity index (χ4n) is 6.07. The third-order valence-corrected chi connectivity index (χ3v) is 8.58. The quantitative estimate of drug-likeness (QED) is 0.190. The Labute approximate surface area is 274 Å². The summed E-state index contributed by atoms with van der Waals surface area (Å²) in [6.45, 7) is 2.01. The summed E-state index contributed by atoms with van der Waals surface area (Å²) in [7, 11) is 0. The Balaban J connectivity index is 1.34. The molecule has 0 saturated carbocycles. The van der Waals surface area contributed by atoms with Gasteiger partial charge in [-0.25, -0.2) is 9.97 Å². The third-order valence-electron chi connectivity index (χ3n) is 8.58. The van der Waals surface area contributed by atoms with Gasteiger partial charge >= 0.3 is 0 Å². The van der Waals surface area contributed by atoms with Gasteiger partial charge in [0.15, 0.2) is 5.82 Å². The van der Waals surface area contributed by atoms with Crippen LogP contribution in [0.15, 0.2) is 170 Å². The van der Waals surface area contributed by atoms with Crippen molar-refractivity contribution >= 4 is 10.8 Å². The van der Waals surface area contributed by atoms with Gasteiger partial charge in [-0.3, -0.25) is 4.98 Å². The van der Waals surface area contributed by atoms with Crippen molar-refractivity contribution in [3.63, 3.8) is 0 Å². The van der Waals surface area contributed by atoms with E-state index in [-0.39, 0.29) is 0 Å². The van der Waals surface area contributed by atoms with E-state index in [9.17, 15) is 0 Å². The van der Waals surface area contributed by atoms with Crippen molar-refractivity contribution < 1.29 is 0 Å². The fourth-order valence-corrected chi connectivity index (χ4v) is 6.07. The van der Waals surface area contributed by atoms with Gasteiger partial charge in [0, 0.05) is 34.1 Å². The highest BCUT2D eigenvalue weighted by Crippen LogP contribution is 2.36. The standard InChI is InChI=1S/C44H31N3/c1-30-19-20-38(29-45-30)35-17-10-18-36(24-35)39-25-40(37-22-21-31-11-8-9-16-34(31)23-37)27-41(26-39)44-46-42(32-12-4-2-5-13-32)28-43(47-44)33-14-6-3-7-15-33/h2-29H,1H3. The molecule has 0 aliphatic rings. The zero-order valence-corrected chi connectivity index (χ0v) is 26.0. The maximum atomic E-state index is 5.17. The molecule has 0 fully saturated rings. The normalized spacial score (nSPS) is 11.1. The molecule has 222 valence electrons. The number of fused-ring (bicyclic) bond motifs is 1. The highest BCUT2D eigenvalue weighted by molar-refractivity contribution is 5.89. The van der Waals surface area contributed by atoms with Gasteiger partial charge < -0.3 is 0 Å². The van der Waals surface area contributed by atoms with E-state index in [0.29, 0.717) is 5.82 Å². The number of benzene rings is 6. The molecule has 2 aromatic heterocycles. The second kappa shape index (κ2) is 12.3. The van der Waals surface area contributed by atoms with E-state index >= 15 is 0 Å². The number of hydrogen-bond donors (Lipinski definition) is 0. The van der Waals surface area contributed by atoms with Gasteiger partial charge in [0.1, 0.15) is 0 Å². The van der Waals surface area contributed by atoms with E-state index in [1.807, 2.05) is 49.5 Å². The van der Waals surface area contributed by atoms with Gasteiger partial charge in [0.05, 0.1) is 11.4 Å². The Morgan fingerprint density at radius 2 is 0.851 bits per heavy atom. The Morgan fingerprint density at radius 1 is 0.340 bits per heavy atom. The minimum absolute atomic E-state index is 0.688. The molecular formula is C44H31N3. The third kappa shape index (κ3) is 5.95. The van der Waals surface area contributed by atoms with Crippen molar-refractivity contribution in [1.29, 1.82) is 0 Å². The molecule has 0 radical (unpaired) electrons. The molecule has 8 rings (SSSR count). The summed E-state index contributed by atoms with van der Waals surface area (Å²) in [5.41, 5.74) is 12.6. The summed E-state index contributed by atoms with van der Waals surface area (Å²) < 4.78 is 0. The summed E-state index contributed by atoms with van der Waals surface area (Å²) in [5, 5.41) is 2.43. The van der Waals surface area contributed by atoms with Crippen LogP contribution < -0.4 is 0 Å². The largest absolute Gasteiger partial charge is 0.261 e. The molecule has 8 aromatic rings. The van der Waals surface area contributed by atoms with Crippen LogP contribution in [0.25, 0.3) is 78.1 Å². The summed E-state index contributed by atoms with van der Waals surface area (Å²) in [4.78, 5) is 14.9. The Hall–Kier alpha value is -6.19. The van der Waals surface area contributed by atoms with Gasteiger partial charge in [-0.2, -0.15) is 0 Å². The zero-order valence-electron chi connectivity index (χ0n) is 26.0. The van der Waals surface area contributed by atoms with Crippen LogP contribution in [0.2, 0.25) is 0 Å². The zero-order chi connectivity index (χ0) is 31.6. The molecule has 3 nitrogen and oxygen atoms in total. The monoisotopic (exact) mass is 601 g/mol. The van der Waals surface area contributed by atoms with Crippen molar-refractivity contribution in [3.05, 3.63) is 176 Å². The lowest BCUT2D eigenvalue weighted by molar-refractivity contribution is 1.18. The first-order chi connectivity index (χ1) is 23.2. The Bertz CT molecular complexity index is 2290. The first-order valence-electron chi connectivity index (χ1n) is 15.8. The summed E-state index contributed by atoms with van der Waals surface area (Å²) in [5.74, 6) is 0.688. The molecule has 3 heteroatoms. The second-order valence-corrected chi connectivity index (χ2v) is 11.8. The van der Waals surface area contributed by atoms with Gasteiger partial charge in [-0.1, -0.05) is 121 Å². The van der Waals surface area contributed by atoms with E-state index in [2.05, 4.69) is 132 Å². The van der Waals surface area contributed by atoms with Crippen molar-refractivity contribution in [2.45, 2.75) is 6.92 Å². The van der Waals surface area contributed by atoms with Crippen LogP contribution in [0.5, 0.6) is 0 Å². The molecule has 6 aromatic carbocycles. The minimum atomic E-state index is 0.688. The van der Waals surface area contributed by atoms with E-state index < -0.39 is 0 Å². The second-order valence-electron chi connectivity index (χ2n) is 11.8. The summed E-state index contributed by atoms with van der Waals surface area (Å²) in [6, 6.07) is 57.5. The lowest BCUT2D eigenvalue weighted by Gasteiger charge is -2.14. The molecule has 0 unspecified atom stereocenters. The number of hydrogen-bond acceptors (Lipinski definition) is 3. The molecular weight excluding hydrogens is 571 g/mol. The number of nitrogens with zero attached hydrogens (tertiary/aromatic N) is 3. The lowest BCUT2D eigenvalue weighted by Crippen LogP contribution is -1.97. The summed E-state index contributed by atoms with van der Waals surface area (Å²) in [6.07, 6.45) is 1.94. The van der Waals surface area contributed by atoms with Gasteiger partial charge in [0.25, 0.3) is 0 Å². The van der Waals surface area contributed by atoms with Gasteiger partial charge in [-0.05, 0) is 88.0 Å². The first kappa shape index (κ1) is 28.3. The van der Waals surface area contributed by atoms with E-state index in [1.165, 1.54) is 10.8 Å². The number of aryl methyl sites for hydroxylation is 1. The predicted molar refractivity (Wildman–Crippen MR) is 195 cm³/mol. The van der Waals surface area contributed by atoms with Gasteiger partial charge in [-0.15, -0.1) is 0 Å². The van der Waals surface area contributed by atoms with Crippen molar-refractivity contribution in [2.75, 3.05) is 0 Å². The molecule has 0 amide bonds. The van der Waals surface area contributed by atoms with E-state index in [0.717, 1.165) is 67.2 Å². The highest BCUT2D eigenvalue weighted by atomic mass is 14.9. The summed E-state index contributed by atoms with van der Waals surface area (Å²) >= 11 is 0. The van der Waals surface area contributed by atoms with E-state index in [4.69, 9.17) is 9.97 Å². The molecule has 2 heterocycles. The SMILES string of the molecule is Cc1ccc(-c2cccc(-c3cc(-c4ccc5ccccc5c4)cc(-c4nc(-c5ccccc5)cc(-c5ccccc5)n4)c3)c2)cn1. The molecule has 0 saturated heterocycles. The lowest BCUT2D eigenvalue weighted by atomic mass is 9.93. The van der Waals surface area contributed by atoms with Crippen LogP contribution in [-0.2, 0) is 0 Å². The van der Waals surface area contributed by atoms with Crippen molar-refractivity contribution in [1.82, 2.24) is 15.0 Å². The van der Waals surface area contributed by atoms with Crippen molar-refractivity contribution in [3.8, 4) is 67.3 Å². The smallest absolute Gasteiger partial charge is 0.160 e. The maximum absolute atomic E-state index is 5.17. The van der Waals surface area contributed by atoms with Crippen molar-refractivity contribution in [2.24, 2.45) is 0 Å². The minimum Gasteiger partial charge on any atom is -0.261 e. The number of pyridine rings is 1. The van der Waals surface area contributed by atoms with Crippen LogP contribution in [0, 0.1) is 6.92 Å². The highest BCUT2D eigenvalue weighted by Gasteiger charge is 2.14. The van der Waals surface area contributed by atoms with Gasteiger partial charge in [0.2, 0.25) is 0 Å². The van der Waals surface area contributed by atoms with Crippen LogP contribution in [-0.4, -0.2) is 15.0 Å². The molecule has 0 bridgehead atoms. The number of rotatable bonds is 6. The number of aromatic nitrogens is 3. The van der Waals surface area contributed by atoms with E-state index in [1.54, 1.807) is 0 Å². The molecule has 0 spiro atoms. The Morgan fingerprint density at radius 3 is 1.49 bits per heavy atom.